The second-order valence-corrected chi connectivity index (χ2v) is 7.54. The predicted octanol–water partition coefficient (Wildman–Crippen LogP) is 1.48. The maximum Gasteiger partial charge on any atom is 0.218 e. The Kier molecular flexibility index (Phi) is 4.99. The highest BCUT2D eigenvalue weighted by Gasteiger charge is 2.30. The Balaban J connectivity index is 2.12. The lowest BCUT2D eigenvalue weighted by Gasteiger charge is -2.33. The Morgan fingerprint density at radius 1 is 1.52 bits per heavy atom. The second-order valence-electron chi connectivity index (χ2n) is 5.57. The summed E-state index contributed by atoms with van der Waals surface area (Å²) in [6.07, 6.45) is 1.13. The normalized spacial score (nSPS) is 21.7. The first-order valence-electron chi connectivity index (χ1n) is 7.07. The number of rotatable bonds is 4. The van der Waals surface area contributed by atoms with Gasteiger partial charge in [-0.05, 0) is 43.4 Å². The largest absolute Gasteiger partial charge is 0.393 e. The van der Waals surface area contributed by atoms with Crippen molar-refractivity contribution in [3.63, 3.8) is 0 Å². The number of nitriles is 1. The van der Waals surface area contributed by atoms with E-state index in [9.17, 15) is 13.5 Å². The van der Waals surface area contributed by atoms with E-state index < -0.39 is 16.1 Å². The summed E-state index contributed by atoms with van der Waals surface area (Å²) < 4.78 is 26.4. The van der Waals surface area contributed by atoms with Gasteiger partial charge in [-0.1, -0.05) is 12.1 Å². The van der Waals surface area contributed by atoms with Gasteiger partial charge < -0.3 is 5.11 Å². The zero-order valence-corrected chi connectivity index (χ0v) is 12.9. The zero-order chi connectivity index (χ0) is 15.5. The highest BCUT2D eigenvalue weighted by Crippen LogP contribution is 2.23. The van der Waals surface area contributed by atoms with Gasteiger partial charge in [-0.2, -0.15) is 5.26 Å². The molecule has 0 aromatic heterocycles. The quantitative estimate of drug-likeness (QED) is 0.913. The summed E-state index contributed by atoms with van der Waals surface area (Å²) in [5, 5.41) is 18.5. The molecule has 0 saturated carbocycles. The minimum Gasteiger partial charge on any atom is -0.393 e. The van der Waals surface area contributed by atoms with Crippen LogP contribution in [0.25, 0.3) is 0 Å². The van der Waals surface area contributed by atoms with E-state index in [1.807, 2.05) is 6.07 Å². The molecule has 1 aliphatic rings. The molecule has 114 valence electrons. The Hall–Kier alpha value is -1.42. The lowest BCUT2D eigenvalue weighted by molar-refractivity contribution is 0.0885. The molecule has 0 unspecified atom stereocenters. The summed E-state index contributed by atoms with van der Waals surface area (Å²) in [6, 6.07) is 8.68. The van der Waals surface area contributed by atoms with Gasteiger partial charge in [0.05, 0.1) is 23.5 Å². The number of nitrogens with zero attached hydrogens (tertiary/aromatic N) is 2. The first kappa shape index (κ1) is 16.0. The first-order valence-corrected chi connectivity index (χ1v) is 8.68. The van der Waals surface area contributed by atoms with Crippen molar-refractivity contribution in [2.24, 2.45) is 5.92 Å². The molecule has 5 nitrogen and oxygen atoms in total. The summed E-state index contributed by atoms with van der Waals surface area (Å²) in [4.78, 5) is 0. The van der Waals surface area contributed by atoms with E-state index in [4.69, 9.17) is 5.26 Å². The van der Waals surface area contributed by atoms with E-state index >= 15 is 0 Å². The van der Waals surface area contributed by atoms with Crippen molar-refractivity contribution in [3.8, 4) is 6.07 Å². The SMILES string of the molecule is C[C@@H](O)[C@H]1CCCN(S(=O)(=O)Cc2cccc(C#N)c2)C1. The highest BCUT2D eigenvalue weighted by atomic mass is 32.2. The van der Waals surface area contributed by atoms with E-state index in [0.717, 1.165) is 12.8 Å². The molecule has 1 aromatic rings. The van der Waals surface area contributed by atoms with Crippen LogP contribution in [-0.4, -0.2) is 37.0 Å². The van der Waals surface area contributed by atoms with E-state index in [1.165, 1.54) is 4.31 Å². The van der Waals surface area contributed by atoms with E-state index in [2.05, 4.69) is 0 Å². The van der Waals surface area contributed by atoms with Gasteiger partial charge in [-0.25, -0.2) is 12.7 Å². The third-order valence-corrected chi connectivity index (χ3v) is 5.72. The van der Waals surface area contributed by atoms with E-state index in [1.54, 1.807) is 31.2 Å². The van der Waals surface area contributed by atoms with Crippen molar-refractivity contribution in [1.29, 1.82) is 5.26 Å². The van der Waals surface area contributed by atoms with Gasteiger partial charge in [0.25, 0.3) is 0 Å². The van der Waals surface area contributed by atoms with Crippen molar-refractivity contribution >= 4 is 10.0 Å². The van der Waals surface area contributed by atoms with Crippen molar-refractivity contribution < 1.29 is 13.5 Å². The van der Waals surface area contributed by atoms with Crippen LogP contribution < -0.4 is 0 Å². The second kappa shape index (κ2) is 6.56. The van der Waals surface area contributed by atoms with Crippen LogP contribution in [-0.2, 0) is 15.8 Å². The van der Waals surface area contributed by atoms with E-state index in [0.29, 0.717) is 24.2 Å². The van der Waals surface area contributed by atoms with Gasteiger partial charge in [-0.3, -0.25) is 0 Å². The Bertz CT molecular complexity index is 635. The molecule has 0 radical (unpaired) electrons. The molecule has 1 heterocycles. The minimum absolute atomic E-state index is 0.000956. The van der Waals surface area contributed by atoms with Crippen LogP contribution in [0, 0.1) is 17.2 Å². The number of aliphatic hydroxyl groups is 1. The molecule has 1 saturated heterocycles. The first-order chi connectivity index (χ1) is 9.92. The highest BCUT2D eigenvalue weighted by molar-refractivity contribution is 7.88. The van der Waals surface area contributed by atoms with Crippen LogP contribution in [0.2, 0.25) is 0 Å². The topological polar surface area (TPSA) is 81.4 Å². The average molecular weight is 308 g/mol. The fourth-order valence-electron chi connectivity index (χ4n) is 2.65. The lowest BCUT2D eigenvalue weighted by Crippen LogP contribution is -2.43. The maximum atomic E-state index is 12.5. The van der Waals surface area contributed by atoms with Crippen molar-refractivity contribution in [2.45, 2.75) is 31.6 Å². The standard InChI is InChI=1S/C15H20N2O3S/c1-12(18)15-6-3-7-17(10-15)21(19,20)11-14-5-2-4-13(8-14)9-16/h2,4-5,8,12,15,18H,3,6-7,10-11H2,1H3/t12-,15+/m1/s1. The van der Waals surface area contributed by atoms with Crippen LogP contribution in [0.4, 0.5) is 0 Å². The third kappa shape index (κ3) is 4.03. The molecule has 6 heteroatoms. The van der Waals surface area contributed by atoms with Gasteiger partial charge in [0, 0.05) is 13.1 Å². The molecule has 1 aromatic carbocycles. The molecule has 0 aliphatic carbocycles. The van der Waals surface area contributed by atoms with Crippen LogP contribution in [0.1, 0.15) is 30.9 Å². The fourth-order valence-corrected chi connectivity index (χ4v) is 4.26. The monoisotopic (exact) mass is 308 g/mol. The van der Waals surface area contributed by atoms with Crippen LogP contribution in [0.3, 0.4) is 0 Å². The molecule has 1 fully saturated rings. The molecule has 2 rings (SSSR count). The minimum atomic E-state index is -3.41. The number of benzene rings is 1. The number of hydrogen-bond donors (Lipinski definition) is 1. The molecule has 0 bridgehead atoms. The zero-order valence-electron chi connectivity index (χ0n) is 12.1. The van der Waals surface area contributed by atoms with Gasteiger partial charge in [0.15, 0.2) is 0 Å². The van der Waals surface area contributed by atoms with Crippen LogP contribution in [0.15, 0.2) is 24.3 Å². The van der Waals surface area contributed by atoms with Crippen molar-refractivity contribution in [3.05, 3.63) is 35.4 Å². The van der Waals surface area contributed by atoms with Gasteiger partial charge in [0.2, 0.25) is 10.0 Å². The average Bonchev–Trinajstić information content (AvgIpc) is 2.47. The lowest BCUT2D eigenvalue weighted by atomic mass is 9.95. The van der Waals surface area contributed by atoms with Crippen molar-refractivity contribution in [1.82, 2.24) is 4.31 Å². The van der Waals surface area contributed by atoms with Gasteiger partial charge >= 0.3 is 0 Å². The van der Waals surface area contributed by atoms with Gasteiger partial charge in [-0.15, -0.1) is 0 Å². The van der Waals surface area contributed by atoms with Crippen LogP contribution >= 0.6 is 0 Å². The Morgan fingerprint density at radius 3 is 2.95 bits per heavy atom. The molecule has 2 atom stereocenters. The van der Waals surface area contributed by atoms with Crippen molar-refractivity contribution in [2.75, 3.05) is 13.1 Å². The number of aliphatic hydroxyl groups excluding tert-OH is 1. The number of sulfonamides is 1. The molecule has 0 spiro atoms. The summed E-state index contributed by atoms with van der Waals surface area (Å²) in [7, 11) is -3.41. The summed E-state index contributed by atoms with van der Waals surface area (Å²) in [6.45, 7) is 2.58. The van der Waals surface area contributed by atoms with Gasteiger partial charge in [0.1, 0.15) is 0 Å². The smallest absolute Gasteiger partial charge is 0.218 e. The molecular formula is C15H20N2O3S. The Morgan fingerprint density at radius 2 is 2.29 bits per heavy atom. The fraction of sp³-hybridized carbons (Fsp3) is 0.533. The molecule has 0 amide bonds. The number of piperidine rings is 1. The summed E-state index contributed by atoms with van der Waals surface area (Å²) in [5.41, 5.74) is 1.08. The van der Waals surface area contributed by atoms with Crippen LogP contribution in [0.5, 0.6) is 0 Å². The molecule has 1 aliphatic heterocycles. The molecule has 21 heavy (non-hydrogen) atoms. The number of hydrogen-bond acceptors (Lipinski definition) is 4. The summed E-state index contributed by atoms with van der Waals surface area (Å²) in [5.74, 6) is -0.103. The predicted molar refractivity (Wildman–Crippen MR) is 79.8 cm³/mol. The summed E-state index contributed by atoms with van der Waals surface area (Å²) >= 11 is 0. The molecule has 1 N–H and O–H groups in total. The maximum absolute atomic E-state index is 12.5. The van der Waals surface area contributed by atoms with E-state index in [-0.39, 0.29) is 11.7 Å². The Labute approximate surface area is 125 Å². The molecular weight excluding hydrogens is 288 g/mol. The third-order valence-electron chi connectivity index (χ3n) is 3.90.